The van der Waals surface area contributed by atoms with Gasteiger partial charge in [0, 0.05) is 0 Å². The van der Waals surface area contributed by atoms with Crippen LogP contribution in [0.15, 0.2) is 18.2 Å². The van der Waals surface area contributed by atoms with Crippen molar-refractivity contribution in [3.63, 3.8) is 0 Å². The zero-order chi connectivity index (χ0) is 20.2. The summed E-state index contributed by atoms with van der Waals surface area (Å²) in [5.41, 5.74) is 2.37. The Labute approximate surface area is 170 Å². The summed E-state index contributed by atoms with van der Waals surface area (Å²) < 4.78 is 18.9. The van der Waals surface area contributed by atoms with Crippen LogP contribution in [0.1, 0.15) is 78.2 Å². The van der Waals surface area contributed by atoms with E-state index in [1.54, 1.807) is 0 Å². The standard InChI is InChI=1S/C22H34O4Se/c1-8-24-14(3)16-11-10-12-17(15(4)25-9-2)20(16)27-18-13-19(23)26-21(18)22(5,6)7/h10-12,14-15,18,21H,8-9,13H2,1-7H3/t14-,15-,18+,21+/m1/s1. The van der Waals surface area contributed by atoms with Gasteiger partial charge in [-0.1, -0.05) is 0 Å². The van der Waals surface area contributed by atoms with Gasteiger partial charge < -0.3 is 0 Å². The molecule has 1 aromatic rings. The SMILES string of the molecule is CCO[C@H](C)c1cccc([C@@H](C)OCC)c1[Se][C@H]1CC(=O)O[C@@H]1C(C)(C)C. The van der Waals surface area contributed by atoms with Gasteiger partial charge in [-0.2, -0.15) is 0 Å². The first kappa shape index (κ1) is 22.4. The molecule has 1 fully saturated rings. The molecule has 0 radical (unpaired) electrons. The van der Waals surface area contributed by atoms with Crippen LogP contribution in [0.3, 0.4) is 0 Å². The van der Waals surface area contributed by atoms with Crippen LogP contribution in [0.5, 0.6) is 0 Å². The van der Waals surface area contributed by atoms with E-state index in [9.17, 15) is 4.79 Å². The summed E-state index contributed by atoms with van der Waals surface area (Å²) in [4.78, 5) is 12.3. The van der Waals surface area contributed by atoms with Crippen molar-refractivity contribution in [3.8, 4) is 0 Å². The summed E-state index contributed by atoms with van der Waals surface area (Å²) in [7, 11) is 0. The molecule has 4 nitrogen and oxygen atoms in total. The molecule has 4 atom stereocenters. The van der Waals surface area contributed by atoms with E-state index in [0.717, 1.165) is 0 Å². The molecule has 27 heavy (non-hydrogen) atoms. The third-order valence-electron chi connectivity index (χ3n) is 4.87. The average molecular weight is 441 g/mol. The summed E-state index contributed by atoms with van der Waals surface area (Å²) >= 11 is 0.0900. The molecule has 0 aliphatic carbocycles. The second-order valence-electron chi connectivity index (χ2n) is 8.10. The van der Waals surface area contributed by atoms with Gasteiger partial charge >= 0.3 is 170 Å². The Balaban J connectivity index is 2.43. The third-order valence-corrected chi connectivity index (χ3v) is 7.86. The zero-order valence-corrected chi connectivity index (χ0v) is 19.4. The minimum atomic E-state index is -0.0726. The van der Waals surface area contributed by atoms with Crippen molar-refractivity contribution in [2.45, 2.75) is 78.0 Å². The van der Waals surface area contributed by atoms with Gasteiger partial charge in [0.2, 0.25) is 0 Å². The number of carbonyl (C=O) groups excluding carboxylic acids is 1. The molecule has 0 unspecified atom stereocenters. The molecule has 1 aromatic carbocycles. The Kier molecular flexibility index (Phi) is 7.93. The molecule has 0 bridgehead atoms. The first-order valence-electron chi connectivity index (χ1n) is 9.91. The monoisotopic (exact) mass is 442 g/mol. The zero-order valence-electron chi connectivity index (χ0n) is 17.7. The van der Waals surface area contributed by atoms with Crippen LogP contribution in [0, 0.1) is 5.41 Å². The van der Waals surface area contributed by atoms with Crippen LogP contribution in [-0.4, -0.2) is 40.2 Å². The van der Waals surface area contributed by atoms with Crippen molar-refractivity contribution in [1.29, 1.82) is 0 Å². The molecule has 0 amide bonds. The van der Waals surface area contributed by atoms with Gasteiger partial charge in [-0.05, 0) is 0 Å². The molecule has 0 saturated carbocycles. The summed E-state index contributed by atoms with van der Waals surface area (Å²) in [6.07, 6.45) is 0.496. The van der Waals surface area contributed by atoms with Gasteiger partial charge in [-0.3, -0.25) is 0 Å². The summed E-state index contributed by atoms with van der Waals surface area (Å²) in [5, 5.41) is 0. The Bertz CT molecular complexity index is 607. The first-order valence-corrected chi connectivity index (χ1v) is 11.8. The number of hydrogen-bond donors (Lipinski definition) is 0. The normalized spacial score (nSPS) is 22.6. The molecule has 5 heteroatoms. The van der Waals surface area contributed by atoms with E-state index in [2.05, 4.69) is 52.8 Å². The van der Waals surface area contributed by atoms with Crippen molar-refractivity contribution < 1.29 is 19.0 Å². The molecule has 0 N–H and O–H groups in total. The molecular formula is C22H34O4Se. The van der Waals surface area contributed by atoms with Crippen LogP contribution in [-0.2, 0) is 19.0 Å². The number of cyclic esters (lactones) is 1. The van der Waals surface area contributed by atoms with E-state index < -0.39 is 0 Å². The number of carbonyl (C=O) groups is 1. The fraction of sp³-hybridized carbons (Fsp3) is 0.682. The van der Waals surface area contributed by atoms with Gasteiger partial charge in [0.15, 0.2) is 0 Å². The summed E-state index contributed by atoms with van der Waals surface area (Å²) in [5.74, 6) is -0.0726. The van der Waals surface area contributed by atoms with Crippen molar-refractivity contribution in [2.75, 3.05) is 13.2 Å². The van der Waals surface area contributed by atoms with Gasteiger partial charge in [-0.15, -0.1) is 0 Å². The van der Waals surface area contributed by atoms with Crippen LogP contribution < -0.4 is 4.46 Å². The van der Waals surface area contributed by atoms with E-state index in [0.29, 0.717) is 19.6 Å². The maximum atomic E-state index is 12.1. The van der Waals surface area contributed by atoms with Crippen molar-refractivity contribution in [2.24, 2.45) is 5.41 Å². The van der Waals surface area contributed by atoms with Gasteiger partial charge in [0.25, 0.3) is 0 Å². The molecular weight excluding hydrogens is 407 g/mol. The second-order valence-corrected chi connectivity index (χ2v) is 10.7. The minimum absolute atomic E-state index is 0.0201. The van der Waals surface area contributed by atoms with Crippen LogP contribution in [0.4, 0.5) is 0 Å². The Morgan fingerprint density at radius 1 is 1.11 bits per heavy atom. The van der Waals surface area contributed by atoms with Crippen LogP contribution in [0.2, 0.25) is 4.82 Å². The predicted octanol–water partition coefficient (Wildman–Crippen LogP) is 4.36. The van der Waals surface area contributed by atoms with Crippen molar-refractivity contribution in [1.82, 2.24) is 0 Å². The topological polar surface area (TPSA) is 44.8 Å². The molecule has 152 valence electrons. The van der Waals surface area contributed by atoms with E-state index >= 15 is 0 Å². The van der Waals surface area contributed by atoms with Crippen molar-refractivity contribution >= 4 is 25.4 Å². The van der Waals surface area contributed by atoms with Gasteiger partial charge in [-0.25, -0.2) is 0 Å². The Morgan fingerprint density at radius 3 is 2.07 bits per heavy atom. The molecule has 0 aromatic heterocycles. The average Bonchev–Trinajstić information content (AvgIpc) is 2.96. The molecule has 0 spiro atoms. The summed E-state index contributed by atoms with van der Waals surface area (Å²) in [6, 6.07) is 6.40. The fourth-order valence-electron chi connectivity index (χ4n) is 3.56. The number of ether oxygens (including phenoxy) is 3. The number of benzene rings is 1. The number of esters is 1. The van der Waals surface area contributed by atoms with Gasteiger partial charge in [0.05, 0.1) is 0 Å². The molecule has 2 rings (SSSR count). The predicted molar refractivity (Wildman–Crippen MR) is 110 cm³/mol. The molecule has 1 aliphatic rings. The quantitative estimate of drug-likeness (QED) is 0.444. The summed E-state index contributed by atoms with van der Waals surface area (Å²) in [6.45, 7) is 16.0. The van der Waals surface area contributed by atoms with Crippen LogP contribution >= 0.6 is 0 Å². The van der Waals surface area contributed by atoms with E-state index in [1.807, 2.05) is 13.8 Å². The second kappa shape index (κ2) is 9.56. The third kappa shape index (κ3) is 5.57. The Morgan fingerprint density at radius 2 is 1.63 bits per heavy atom. The van der Waals surface area contributed by atoms with E-state index in [4.69, 9.17) is 14.2 Å². The first-order chi connectivity index (χ1) is 12.7. The molecule has 1 saturated heterocycles. The number of hydrogen-bond acceptors (Lipinski definition) is 4. The van der Waals surface area contributed by atoms with E-state index in [-0.39, 0.29) is 49.5 Å². The van der Waals surface area contributed by atoms with Crippen LogP contribution in [0.25, 0.3) is 0 Å². The molecule has 1 aliphatic heterocycles. The molecule has 1 heterocycles. The van der Waals surface area contributed by atoms with Gasteiger partial charge in [0.1, 0.15) is 0 Å². The fourth-order valence-corrected chi connectivity index (χ4v) is 7.44. The Hall–Kier alpha value is -0.871. The number of rotatable bonds is 8. The maximum absolute atomic E-state index is 12.1. The van der Waals surface area contributed by atoms with E-state index in [1.165, 1.54) is 15.6 Å². The van der Waals surface area contributed by atoms with Crippen molar-refractivity contribution in [3.05, 3.63) is 29.3 Å².